The summed E-state index contributed by atoms with van der Waals surface area (Å²) in [7, 11) is -1.06. The number of allylic oxidation sites excluding steroid dienone is 1. The van der Waals surface area contributed by atoms with Crippen molar-refractivity contribution in [3.63, 3.8) is 0 Å². The maximum absolute atomic E-state index is 13.3. The van der Waals surface area contributed by atoms with Crippen LogP contribution in [-0.4, -0.2) is 25.4 Å². The van der Waals surface area contributed by atoms with Crippen molar-refractivity contribution in [2.45, 2.75) is 69.9 Å². The molecule has 1 saturated carbocycles. The van der Waals surface area contributed by atoms with Gasteiger partial charge in [-0.2, -0.15) is 0 Å². The molecule has 1 aromatic carbocycles. The van der Waals surface area contributed by atoms with E-state index in [4.69, 9.17) is 4.74 Å². The van der Waals surface area contributed by atoms with Crippen molar-refractivity contribution in [3.05, 3.63) is 48.2 Å². The fraction of sp³-hybridized carbons (Fsp3) is 0.600. The average molecular weight is 348 g/mol. The van der Waals surface area contributed by atoms with Crippen LogP contribution in [0.4, 0.5) is 0 Å². The Kier molecular flexibility index (Phi) is 5.46. The second-order valence-electron chi connectivity index (χ2n) is 7.87. The molecule has 0 aromatic heterocycles. The standard InChI is InChI=1S/C20H29NO2S/c1-20(2,3)24(22)21(15-16-9-5-4-6-10-16)19(17-12-13-17)18-11-7-8-14-23-18/h4-6,8-10,14,17-19H,7,11-13,15H2,1-3H3/t18-,19-,24+/m0/s1. The molecule has 3 nitrogen and oxygen atoms in total. The molecule has 1 heterocycles. The van der Waals surface area contributed by atoms with Crippen LogP contribution in [0.3, 0.4) is 0 Å². The highest BCUT2D eigenvalue weighted by Crippen LogP contribution is 2.41. The van der Waals surface area contributed by atoms with Crippen molar-refractivity contribution in [1.29, 1.82) is 0 Å². The number of benzene rings is 1. The van der Waals surface area contributed by atoms with Crippen LogP contribution in [0.1, 0.15) is 52.0 Å². The van der Waals surface area contributed by atoms with E-state index in [0.717, 1.165) is 19.4 Å². The lowest BCUT2D eigenvalue weighted by Gasteiger charge is -2.39. The summed E-state index contributed by atoms with van der Waals surface area (Å²) in [6.45, 7) is 6.90. The van der Waals surface area contributed by atoms with E-state index in [2.05, 4.69) is 55.4 Å². The topological polar surface area (TPSA) is 29.5 Å². The predicted octanol–water partition coefficient (Wildman–Crippen LogP) is 4.42. The van der Waals surface area contributed by atoms with E-state index < -0.39 is 11.0 Å². The van der Waals surface area contributed by atoms with E-state index >= 15 is 0 Å². The van der Waals surface area contributed by atoms with Crippen LogP contribution in [0, 0.1) is 5.92 Å². The molecule has 3 rings (SSSR count). The lowest BCUT2D eigenvalue weighted by atomic mass is 9.99. The zero-order valence-corrected chi connectivity index (χ0v) is 15.8. The van der Waals surface area contributed by atoms with E-state index in [9.17, 15) is 4.21 Å². The van der Waals surface area contributed by atoms with Crippen LogP contribution in [0.15, 0.2) is 42.7 Å². The summed E-state index contributed by atoms with van der Waals surface area (Å²) in [6, 6.07) is 10.6. The Bertz CT molecular complexity index is 589. The summed E-state index contributed by atoms with van der Waals surface area (Å²) >= 11 is 0. The first kappa shape index (κ1) is 17.7. The van der Waals surface area contributed by atoms with Crippen LogP contribution >= 0.6 is 0 Å². The van der Waals surface area contributed by atoms with Crippen molar-refractivity contribution in [3.8, 4) is 0 Å². The van der Waals surface area contributed by atoms with Gasteiger partial charge in [-0.3, -0.25) is 0 Å². The van der Waals surface area contributed by atoms with Crippen LogP contribution in [-0.2, 0) is 22.3 Å². The van der Waals surface area contributed by atoms with E-state index in [1.54, 1.807) is 0 Å². The molecule has 0 N–H and O–H groups in total. The molecule has 1 aromatic rings. The highest BCUT2D eigenvalue weighted by Gasteiger charge is 2.45. The number of ether oxygens (including phenoxy) is 1. The number of hydrogen-bond acceptors (Lipinski definition) is 2. The highest BCUT2D eigenvalue weighted by molar-refractivity contribution is 7.84. The Hall–Kier alpha value is -1.13. The molecule has 0 radical (unpaired) electrons. The fourth-order valence-electron chi connectivity index (χ4n) is 3.36. The minimum atomic E-state index is -1.06. The molecule has 24 heavy (non-hydrogen) atoms. The number of hydrogen-bond donors (Lipinski definition) is 0. The van der Waals surface area contributed by atoms with E-state index in [-0.39, 0.29) is 16.9 Å². The Balaban J connectivity index is 1.88. The molecular weight excluding hydrogens is 318 g/mol. The van der Waals surface area contributed by atoms with Gasteiger partial charge < -0.3 is 4.74 Å². The van der Waals surface area contributed by atoms with Crippen LogP contribution in [0.5, 0.6) is 0 Å². The molecule has 0 bridgehead atoms. The molecule has 3 atom stereocenters. The van der Waals surface area contributed by atoms with Crippen LogP contribution in [0.25, 0.3) is 0 Å². The third kappa shape index (κ3) is 4.28. The van der Waals surface area contributed by atoms with Gasteiger partial charge in [0.15, 0.2) is 0 Å². The first-order valence-electron chi connectivity index (χ1n) is 9.00. The zero-order chi connectivity index (χ0) is 17.2. The monoisotopic (exact) mass is 347 g/mol. The van der Waals surface area contributed by atoms with Gasteiger partial charge in [-0.1, -0.05) is 30.3 Å². The lowest BCUT2D eigenvalue weighted by Crippen LogP contribution is -2.50. The van der Waals surface area contributed by atoms with E-state index in [0.29, 0.717) is 5.92 Å². The second kappa shape index (κ2) is 7.40. The van der Waals surface area contributed by atoms with Gasteiger partial charge in [0.05, 0.1) is 17.1 Å². The smallest absolute Gasteiger partial charge is 0.115 e. The first-order chi connectivity index (χ1) is 11.5. The van der Waals surface area contributed by atoms with Crippen molar-refractivity contribution < 1.29 is 8.95 Å². The average Bonchev–Trinajstić information content (AvgIpc) is 3.39. The molecule has 0 saturated heterocycles. The van der Waals surface area contributed by atoms with Gasteiger partial charge in [0.1, 0.15) is 17.1 Å². The van der Waals surface area contributed by atoms with Gasteiger partial charge in [0.2, 0.25) is 0 Å². The van der Waals surface area contributed by atoms with Crippen molar-refractivity contribution in [2.75, 3.05) is 0 Å². The van der Waals surface area contributed by atoms with Crippen molar-refractivity contribution >= 4 is 11.0 Å². The molecule has 1 aliphatic carbocycles. The third-order valence-corrected chi connectivity index (χ3v) is 6.55. The molecule has 0 spiro atoms. The second-order valence-corrected chi connectivity index (χ2v) is 10.1. The van der Waals surface area contributed by atoms with Gasteiger partial charge >= 0.3 is 0 Å². The van der Waals surface area contributed by atoms with Gasteiger partial charge in [0, 0.05) is 6.54 Å². The maximum atomic E-state index is 13.3. The number of rotatable bonds is 6. The van der Waals surface area contributed by atoms with Gasteiger partial charge in [-0.15, -0.1) is 0 Å². The van der Waals surface area contributed by atoms with E-state index in [1.165, 1.54) is 18.4 Å². The van der Waals surface area contributed by atoms with Gasteiger partial charge in [-0.25, -0.2) is 8.51 Å². The normalized spacial score (nSPS) is 23.8. The minimum absolute atomic E-state index is 0.150. The molecule has 2 aliphatic rings. The molecule has 0 unspecified atom stereocenters. The van der Waals surface area contributed by atoms with Crippen molar-refractivity contribution in [1.82, 2.24) is 4.31 Å². The maximum Gasteiger partial charge on any atom is 0.115 e. The molecule has 0 amide bonds. The lowest BCUT2D eigenvalue weighted by molar-refractivity contribution is 0.0458. The number of nitrogens with zero attached hydrogens (tertiary/aromatic N) is 1. The summed E-state index contributed by atoms with van der Waals surface area (Å²) in [4.78, 5) is 0. The van der Waals surface area contributed by atoms with Gasteiger partial charge in [0.25, 0.3) is 0 Å². The predicted molar refractivity (Wildman–Crippen MR) is 99.6 cm³/mol. The molecule has 132 valence electrons. The quantitative estimate of drug-likeness (QED) is 0.762. The molecule has 1 aliphatic heterocycles. The molecule has 4 heteroatoms. The summed E-state index contributed by atoms with van der Waals surface area (Å²) < 4.78 is 21.3. The Morgan fingerprint density at radius 3 is 2.46 bits per heavy atom. The van der Waals surface area contributed by atoms with Crippen molar-refractivity contribution in [2.24, 2.45) is 5.92 Å². The minimum Gasteiger partial charge on any atom is -0.497 e. The highest BCUT2D eigenvalue weighted by atomic mass is 32.2. The Labute approximate surface area is 148 Å². The van der Waals surface area contributed by atoms with Crippen LogP contribution < -0.4 is 0 Å². The third-order valence-electron chi connectivity index (χ3n) is 4.70. The first-order valence-corrected chi connectivity index (χ1v) is 10.1. The van der Waals surface area contributed by atoms with Crippen LogP contribution in [0.2, 0.25) is 0 Å². The van der Waals surface area contributed by atoms with E-state index in [1.807, 2.05) is 12.3 Å². The summed E-state index contributed by atoms with van der Waals surface area (Å²) in [6.07, 6.45) is 8.59. The Morgan fingerprint density at radius 1 is 1.21 bits per heavy atom. The fourth-order valence-corrected chi connectivity index (χ4v) is 4.85. The largest absolute Gasteiger partial charge is 0.497 e. The SMILES string of the molecule is CC(C)(C)[S@@](=O)N(Cc1ccccc1)[C@@H](C1CC1)[C@@H]1CCC=CO1. The summed E-state index contributed by atoms with van der Waals surface area (Å²) in [5, 5.41) is 0. The zero-order valence-electron chi connectivity index (χ0n) is 15.0. The van der Waals surface area contributed by atoms with Gasteiger partial charge in [-0.05, 0) is 64.0 Å². The summed E-state index contributed by atoms with van der Waals surface area (Å²) in [5.74, 6) is 0.608. The summed E-state index contributed by atoms with van der Waals surface area (Å²) in [5.41, 5.74) is 1.21. The molecule has 1 fully saturated rings. The Morgan fingerprint density at radius 2 is 1.92 bits per heavy atom. The molecular formula is C20H29NO2S.